The lowest BCUT2D eigenvalue weighted by molar-refractivity contribution is 0.394. The Balaban J connectivity index is 0.00000242. The van der Waals surface area contributed by atoms with Crippen molar-refractivity contribution >= 4 is 22.4 Å². The van der Waals surface area contributed by atoms with Crippen LogP contribution in [-0.4, -0.2) is 37.3 Å². The molecule has 1 heterocycles. The smallest absolute Gasteiger partial charge is 0.243 e. The number of likely N-dealkylation sites (N-methyl/N-ethyl adjacent to an activating group) is 1. The first-order chi connectivity index (χ1) is 9.86. The van der Waals surface area contributed by atoms with E-state index in [0.717, 1.165) is 5.56 Å². The third kappa shape index (κ3) is 3.67. The van der Waals surface area contributed by atoms with E-state index in [4.69, 9.17) is 10.2 Å². The molecule has 2 rings (SSSR count). The average Bonchev–Trinajstić information content (AvgIpc) is 2.92. The van der Waals surface area contributed by atoms with Gasteiger partial charge in [0.2, 0.25) is 10.0 Å². The third-order valence-electron chi connectivity index (χ3n) is 3.41. The molecule has 0 bridgehead atoms. The van der Waals surface area contributed by atoms with Crippen LogP contribution in [0.4, 0.5) is 0 Å². The van der Waals surface area contributed by atoms with Gasteiger partial charge in [-0.05, 0) is 19.1 Å². The predicted molar refractivity (Wildman–Crippen MR) is 87.4 cm³/mol. The summed E-state index contributed by atoms with van der Waals surface area (Å²) < 4.78 is 31.3. The van der Waals surface area contributed by atoms with Gasteiger partial charge in [-0.25, -0.2) is 13.4 Å². The molecule has 122 valence electrons. The molecule has 0 fully saturated rings. The van der Waals surface area contributed by atoms with Gasteiger partial charge in [0, 0.05) is 32.1 Å². The molecule has 6 nitrogen and oxygen atoms in total. The molecule has 22 heavy (non-hydrogen) atoms. The standard InChI is InChI=1S/C14H19N3O3S.ClH/c1-10(8-15)17(3)21(18,19)13-6-4-12(5-7-13)14-9-20-11(2)16-14;/h4-7,9-10H,8,15H2,1-3H3;1H. The number of nitrogens with two attached hydrogens (primary N) is 1. The lowest BCUT2D eigenvalue weighted by Crippen LogP contribution is -2.39. The van der Waals surface area contributed by atoms with Gasteiger partial charge < -0.3 is 10.2 Å². The Morgan fingerprint density at radius 3 is 2.36 bits per heavy atom. The van der Waals surface area contributed by atoms with E-state index in [1.54, 1.807) is 44.4 Å². The molecule has 0 aliphatic rings. The van der Waals surface area contributed by atoms with Gasteiger partial charge in [0.25, 0.3) is 0 Å². The number of aryl methyl sites for hydroxylation is 1. The topological polar surface area (TPSA) is 89.4 Å². The highest BCUT2D eigenvalue weighted by molar-refractivity contribution is 7.89. The van der Waals surface area contributed by atoms with E-state index >= 15 is 0 Å². The zero-order valence-corrected chi connectivity index (χ0v) is 14.3. The summed E-state index contributed by atoms with van der Waals surface area (Å²) >= 11 is 0. The van der Waals surface area contributed by atoms with Crippen molar-refractivity contribution < 1.29 is 12.8 Å². The van der Waals surface area contributed by atoms with Crippen LogP contribution < -0.4 is 5.73 Å². The number of hydrogen-bond acceptors (Lipinski definition) is 5. The summed E-state index contributed by atoms with van der Waals surface area (Å²) in [4.78, 5) is 4.44. The molecular formula is C14H20ClN3O3S. The van der Waals surface area contributed by atoms with Gasteiger partial charge in [0.05, 0.1) is 4.90 Å². The van der Waals surface area contributed by atoms with E-state index in [9.17, 15) is 8.42 Å². The fourth-order valence-electron chi connectivity index (χ4n) is 1.85. The lowest BCUT2D eigenvalue weighted by Gasteiger charge is -2.23. The molecule has 1 atom stereocenters. The van der Waals surface area contributed by atoms with Crippen LogP contribution in [0.25, 0.3) is 11.3 Å². The average molecular weight is 346 g/mol. The highest BCUT2D eigenvalue weighted by atomic mass is 35.5. The Kier molecular flexibility index (Phi) is 6.13. The Morgan fingerprint density at radius 1 is 1.32 bits per heavy atom. The van der Waals surface area contributed by atoms with E-state index in [-0.39, 0.29) is 29.9 Å². The molecule has 8 heteroatoms. The zero-order chi connectivity index (χ0) is 15.6. The van der Waals surface area contributed by atoms with Gasteiger partial charge in [-0.15, -0.1) is 12.4 Å². The summed E-state index contributed by atoms with van der Waals surface area (Å²) in [6, 6.07) is 6.30. The molecule has 0 amide bonds. The fraction of sp³-hybridized carbons (Fsp3) is 0.357. The van der Waals surface area contributed by atoms with Crippen LogP contribution in [0.15, 0.2) is 39.8 Å². The minimum absolute atomic E-state index is 0. The summed E-state index contributed by atoms with van der Waals surface area (Å²) in [5, 5.41) is 0. The number of rotatable bonds is 5. The molecule has 1 aromatic heterocycles. The van der Waals surface area contributed by atoms with Crippen LogP contribution in [-0.2, 0) is 10.0 Å². The number of nitrogens with zero attached hydrogens (tertiary/aromatic N) is 2. The van der Waals surface area contributed by atoms with Crippen molar-refractivity contribution in [3.63, 3.8) is 0 Å². The highest BCUT2D eigenvalue weighted by Gasteiger charge is 2.24. The van der Waals surface area contributed by atoms with Gasteiger partial charge >= 0.3 is 0 Å². The molecule has 0 saturated carbocycles. The van der Waals surface area contributed by atoms with Gasteiger partial charge in [-0.2, -0.15) is 4.31 Å². The minimum atomic E-state index is -3.53. The molecular weight excluding hydrogens is 326 g/mol. The van der Waals surface area contributed by atoms with E-state index in [2.05, 4.69) is 4.98 Å². The van der Waals surface area contributed by atoms with Crippen molar-refractivity contribution in [2.45, 2.75) is 24.8 Å². The molecule has 1 aromatic carbocycles. The number of halogens is 1. The number of aromatic nitrogens is 1. The largest absolute Gasteiger partial charge is 0.449 e. The first-order valence-electron chi connectivity index (χ1n) is 6.57. The summed E-state index contributed by atoms with van der Waals surface area (Å²) in [5.74, 6) is 0.568. The number of benzene rings is 1. The van der Waals surface area contributed by atoms with Crippen molar-refractivity contribution in [1.29, 1.82) is 0 Å². The molecule has 0 aliphatic carbocycles. The normalized spacial score (nSPS) is 13.0. The van der Waals surface area contributed by atoms with Crippen LogP contribution in [0, 0.1) is 6.92 Å². The van der Waals surface area contributed by atoms with Crippen LogP contribution >= 0.6 is 12.4 Å². The lowest BCUT2D eigenvalue weighted by atomic mass is 10.2. The van der Waals surface area contributed by atoms with Crippen molar-refractivity contribution in [2.75, 3.05) is 13.6 Å². The zero-order valence-electron chi connectivity index (χ0n) is 12.7. The summed E-state index contributed by atoms with van der Waals surface area (Å²) in [6.45, 7) is 3.79. The first kappa shape index (κ1) is 18.6. The van der Waals surface area contributed by atoms with Gasteiger partial charge in [-0.1, -0.05) is 12.1 Å². The van der Waals surface area contributed by atoms with Crippen LogP contribution in [0.5, 0.6) is 0 Å². The second kappa shape index (κ2) is 7.23. The highest BCUT2D eigenvalue weighted by Crippen LogP contribution is 2.22. The maximum atomic E-state index is 12.4. The number of hydrogen-bond donors (Lipinski definition) is 1. The second-order valence-corrected chi connectivity index (χ2v) is 6.88. The molecule has 0 spiro atoms. The van der Waals surface area contributed by atoms with Gasteiger partial charge in [0.1, 0.15) is 12.0 Å². The van der Waals surface area contributed by atoms with Crippen LogP contribution in [0.1, 0.15) is 12.8 Å². The number of oxazole rings is 1. The Morgan fingerprint density at radius 2 is 1.91 bits per heavy atom. The van der Waals surface area contributed by atoms with Crippen molar-refractivity contribution in [3.05, 3.63) is 36.4 Å². The monoisotopic (exact) mass is 345 g/mol. The maximum absolute atomic E-state index is 12.4. The van der Waals surface area contributed by atoms with E-state index < -0.39 is 10.0 Å². The summed E-state index contributed by atoms with van der Waals surface area (Å²) in [6.07, 6.45) is 1.54. The fourth-order valence-corrected chi connectivity index (χ4v) is 3.22. The SMILES string of the molecule is Cc1nc(-c2ccc(S(=O)(=O)N(C)C(C)CN)cc2)co1.Cl. The molecule has 0 aliphatic heterocycles. The van der Waals surface area contributed by atoms with Gasteiger partial charge in [-0.3, -0.25) is 0 Å². The number of sulfonamides is 1. The Hall–Kier alpha value is -1.41. The summed E-state index contributed by atoms with van der Waals surface area (Å²) in [5.41, 5.74) is 7.01. The van der Waals surface area contributed by atoms with E-state index in [1.165, 1.54) is 11.4 Å². The van der Waals surface area contributed by atoms with Crippen molar-refractivity contribution in [3.8, 4) is 11.3 Å². The molecule has 2 aromatic rings. The second-order valence-electron chi connectivity index (χ2n) is 4.88. The van der Waals surface area contributed by atoms with Crippen LogP contribution in [0.3, 0.4) is 0 Å². The molecule has 2 N–H and O–H groups in total. The third-order valence-corrected chi connectivity index (χ3v) is 5.39. The minimum Gasteiger partial charge on any atom is -0.449 e. The predicted octanol–water partition coefficient (Wildman–Crippen LogP) is 2.04. The summed E-state index contributed by atoms with van der Waals surface area (Å²) in [7, 11) is -2.01. The molecule has 0 saturated heterocycles. The Labute approximate surface area is 136 Å². The Bertz CT molecular complexity index is 713. The quantitative estimate of drug-likeness (QED) is 0.895. The molecule has 1 unspecified atom stereocenters. The van der Waals surface area contributed by atoms with Gasteiger partial charge in [0.15, 0.2) is 5.89 Å². The van der Waals surface area contributed by atoms with E-state index in [0.29, 0.717) is 11.6 Å². The first-order valence-corrected chi connectivity index (χ1v) is 8.01. The van der Waals surface area contributed by atoms with Crippen molar-refractivity contribution in [1.82, 2.24) is 9.29 Å². The molecule has 0 radical (unpaired) electrons. The van der Waals surface area contributed by atoms with E-state index in [1.807, 2.05) is 0 Å². The van der Waals surface area contributed by atoms with Crippen LogP contribution in [0.2, 0.25) is 0 Å². The van der Waals surface area contributed by atoms with Crippen molar-refractivity contribution in [2.24, 2.45) is 5.73 Å². The maximum Gasteiger partial charge on any atom is 0.243 e.